The Morgan fingerprint density at radius 1 is 0.288 bits per heavy atom. The molecule has 0 fully saturated rings. The lowest BCUT2D eigenvalue weighted by Gasteiger charge is -2.39. The molecule has 10 heteroatoms. The number of rotatable bonds is 7. The first kappa shape index (κ1) is 60.9. The Labute approximate surface area is 606 Å². The van der Waals surface area contributed by atoms with E-state index in [0.29, 0.717) is 11.6 Å². The largest absolute Gasteiger partial charge is 0.569 e. The van der Waals surface area contributed by atoms with Crippen LogP contribution in [0, 0.1) is 0 Å². The SMILES string of the molecule is Clc1nc(-c2ccccc2)cc(-c2ccccc2)n1.O[B]Oc1ccc2c(c1)-n1c3ccccc3c3cccc(c31)C21c2ccccc2-c2ccccc21.c1ccc(-c2cc(-c3ccccc3)nc(-c3ccc4c(c3)-n3c5ccccc5c5cccc(c53)C43c4ccccc4-c4ccccc43)n2)cc1. The summed E-state index contributed by atoms with van der Waals surface area (Å²) in [6, 6.07) is 124. The maximum Gasteiger partial charge on any atom is 0.569 e. The van der Waals surface area contributed by atoms with Crippen LogP contribution in [-0.2, 0) is 10.8 Å². The van der Waals surface area contributed by atoms with Gasteiger partial charge in [-0.2, -0.15) is 0 Å². The molecule has 0 amide bonds. The van der Waals surface area contributed by atoms with Crippen LogP contribution < -0.4 is 4.65 Å². The Morgan fingerprint density at radius 3 is 1.04 bits per heavy atom. The van der Waals surface area contributed by atoms with Gasteiger partial charge in [-0.1, -0.05) is 309 Å². The van der Waals surface area contributed by atoms with E-state index in [2.05, 4.69) is 286 Å². The van der Waals surface area contributed by atoms with Gasteiger partial charge in [-0.05, 0) is 115 Å². The molecule has 2 spiro atoms. The summed E-state index contributed by atoms with van der Waals surface area (Å²) in [5, 5.41) is 14.6. The highest BCUT2D eigenvalue weighted by atomic mass is 35.5. The Hall–Kier alpha value is -13.0. The third kappa shape index (κ3) is 9.17. The molecule has 0 unspecified atom stereocenters. The molecule has 0 bridgehead atoms. The van der Waals surface area contributed by atoms with Crippen LogP contribution in [-0.4, -0.2) is 41.8 Å². The minimum atomic E-state index is -0.479. The first-order valence-electron chi connectivity index (χ1n) is 35.0. The zero-order chi connectivity index (χ0) is 69.0. The second-order valence-corrected chi connectivity index (χ2v) is 27.1. The summed E-state index contributed by atoms with van der Waals surface area (Å²) in [6.45, 7) is 0. The van der Waals surface area contributed by atoms with Crippen molar-refractivity contribution >= 4 is 62.9 Å². The Balaban J connectivity index is 0.000000115. The summed E-state index contributed by atoms with van der Waals surface area (Å²) in [4.78, 5) is 19.0. The molecular weight excluding hydrogens is 1290 g/mol. The topological polar surface area (TPSA) is 90.9 Å². The molecule has 4 aliphatic rings. The third-order valence-corrected chi connectivity index (χ3v) is 21.7. The summed E-state index contributed by atoms with van der Waals surface area (Å²) in [7, 11) is 0.748. The molecule has 0 saturated carbocycles. The number of fused-ring (bicyclic) bond motifs is 24. The van der Waals surface area contributed by atoms with Crippen LogP contribution in [0.5, 0.6) is 5.75 Å². The number of hydrogen-bond donors (Lipinski definition) is 1. The van der Waals surface area contributed by atoms with E-state index in [0.717, 1.165) is 75.2 Å². The Bertz CT molecular complexity index is 6270. The molecule has 487 valence electrons. The van der Waals surface area contributed by atoms with E-state index in [-0.39, 0.29) is 5.28 Å². The monoisotopic (exact) mass is 1350 g/mol. The van der Waals surface area contributed by atoms with Crippen LogP contribution in [0.2, 0.25) is 5.28 Å². The lowest BCUT2D eigenvalue weighted by molar-refractivity contribution is 0.453. The second kappa shape index (κ2) is 24.4. The Morgan fingerprint density at radius 2 is 0.625 bits per heavy atom. The molecule has 2 aliphatic carbocycles. The van der Waals surface area contributed by atoms with Gasteiger partial charge in [0.1, 0.15) is 5.75 Å². The van der Waals surface area contributed by atoms with E-state index in [1.807, 2.05) is 84.9 Å². The van der Waals surface area contributed by atoms with Gasteiger partial charge in [0.2, 0.25) is 5.28 Å². The van der Waals surface area contributed by atoms with Crippen LogP contribution in [0.15, 0.2) is 352 Å². The van der Waals surface area contributed by atoms with E-state index >= 15 is 0 Å². The predicted octanol–water partition coefficient (Wildman–Crippen LogP) is 22.1. The molecule has 104 heavy (non-hydrogen) atoms. The maximum atomic E-state index is 9.38. The highest BCUT2D eigenvalue weighted by Gasteiger charge is 2.52. The molecule has 18 aromatic rings. The smallest absolute Gasteiger partial charge is 0.537 e. The standard InChI is InChI=1S/C47H29N3.C31H19BNO2.C16H11ClN2/c1-3-14-30(15-4-1)41-29-42(31-16-5-2-6-17-31)49-46(48-41)32-26-27-39-44(28-32)50-43-25-12-9-20-35(43)36-21-13-24-40(45(36)50)47(39)37-22-10-7-18-33(37)34-19-8-11-23-38(34)47;34-32-35-19-16-17-26-29(18-19)33-28-15-6-3-10-22(28)23-11-7-14-27(30(23)33)31(26)24-12-4-1-8-20(24)21-9-2-5-13-25(21)31;17-16-18-14(12-7-3-1-4-8-12)11-15(19-16)13-9-5-2-6-10-13/h1-29H;1-18,34H;1-11H. The van der Waals surface area contributed by atoms with Crippen LogP contribution in [0.1, 0.15) is 44.5 Å². The van der Waals surface area contributed by atoms with E-state index < -0.39 is 10.8 Å². The first-order chi connectivity index (χ1) is 51.5. The molecule has 8 nitrogen and oxygen atoms in total. The summed E-state index contributed by atoms with van der Waals surface area (Å²) < 4.78 is 10.3. The molecule has 6 heterocycles. The Kier molecular flexibility index (Phi) is 14.3. The van der Waals surface area contributed by atoms with Gasteiger partial charge in [0, 0.05) is 55.4 Å². The van der Waals surface area contributed by atoms with E-state index in [9.17, 15) is 5.02 Å². The highest BCUT2D eigenvalue weighted by Crippen LogP contribution is 2.63. The number of benzene rings is 14. The predicted molar refractivity (Wildman–Crippen MR) is 422 cm³/mol. The zero-order valence-corrected chi connectivity index (χ0v) is 56.7. The normalized spacial score (nSPS) is 13.1. The zero-order valence-electron chi connectivity index (χ0n) is 56.0. The molecule has 4 aromatic heterocycles. The molecule has 1 radical (unpaired) electrons. The molecule has 0 saturated heterocycles. The highest BCUT2D eigenvalue weighted by molar-refractivity contribution is 6.28. The molecule has 1 N–H and O–H groups in total. The number of nitrogens with zero attached hydrogens (tertiary/aromatic N) is 6. The number of halogens is 1. The number of para-hydroxylation sites is 4. The lowest BCUT2D eigenvalue weighted by atomic mass is 9.65. The average Bonchev–Trinajstić information content (AvgIpc) is 1.49. The van der Waals surface area contributed by atoms with Crippen molar-refractivity contribution < 1.29 is 9.68 Å². The van der Waals surface area contributed by atoms with Crippen molar-refractivity contribution in [1.29, 1.82) is 0 Å². The van der Waals surface area contributed by atoms with Crippen molar-refractivity contribution in [2.75, 3.05) is 0 Å². The van der Waals surface area contributed by atoms with E-state index in [1.165, 1.54) is 105 Å². The average molecular weight is 1350 g/mol. The fourth-order valence-corrected chi connectivity index (χ4v) is 17.6. The van der Waals surface area contributed by atoms with Gasteiger partial charge in [-0.3, -0.25) is 0 Å². The minimum absolute atomic E-state index is 0.264. The third-order valence-electron chi connectivity index (χ3n) is 21.5. The van der Waals surface area contributed by atoms with Crippen molar-refractivity contribution in [3.63, 3.8) is 0 Å². The molecular formula is C94H59BClN6O2. The van der Waals surface area contributed by atoms with E-state index in [1.54, 1.807) is 0 Å². The van der Waals surface area contributed by atoms with Crippen molar-refractivity contribution in [1.82, 2.24) is 29.1 Å². The van der Waals surface area contributed by atoms with Crippen LogP contribution in [0.4, 0.5) is 0 Å². The summed E-state index contributed by atoms with van der Waals surface area (Å²) in [5.74, 6) is 1.31. The summed E-state index contributed by atoms with van der Waals surface area (Å²) in [6.07, 6.45) is 0. The van der Waals surface area contributed by atoms with Gasteiger partial charge in [0.05, 0.1) is 67.0 Å². The summed E-state index contributed by atoms with van der Waals surface area (Å²) in [5.41, 5.74) is 30.3. The van der Waals surface area contributed by atoms with Gasteiger partial charge in [0.15, 0.2) is 5.82 Å². The molecule has 22 rings (SSSR count). The molecule has 0 atom stereocenters. The van der Waals surface area contributed by atoms with Crippen molar-refractivity contribution in [3.05, 3.63) is 402 Å². The van der Waals surface area contributed by atoms with Gasteiger partial charge in [-0.15, -0.1) is 0 Å². The van der Waals surface area contributed by atoms with Gasteiger partial charge < -0.3 is 18.8 Å². The molecule has 14 aromatic carbocycles. The quantitative estimate of drug-likeness (QED) is 0.126. The lowest BCUT2D eigenvalue weighted by Crippen LogP contribution is -2.33. The maximum absolute atomic E-state index is 9.38. The van der Waals surface area contributed by atoms with Crippen molar-refractivity contribution in [2.24, 2.45) is 0 Å². The number of aromatic nitrogens is 6. The fourth-order valence-electron chi connectivity index (χ4n) is 17.4. The van der Waals surface area contributed by atoms with Crippen LogP contribution in [0.3, 0.4) is 0 Å². The van der Waals surface area contributed by atoms with Crippen molar-refractivity contribution in [2.45, 2.75) is 10.8 Å². The van der Waals surface area contributed by atoms with Crippen LogP contribution in [0.25, 0.3) is 134 Å². The number of hydrogen-bond acceptors (Lipinski definition) is 6. The fraction of sp³-hybridized carbons (Fsp3) is 0.0213. The van der Waals surface area contributed by atoms with Gasteiger partial charge in [0.25, 0.3) is 0 Å². The van der Waals surface area contributed by atoms with E-state index in [4.69, 9.17) is 26.2 Å². The van der Waals surface area contributed by atoms with Gasteiger partial charge in [-0.25, -0.2) is 19.9 Å². The minimum Gasteiger partial charge on any atom is -0.537 e. The second-order valence-electron chi connectivity index (χ2n) is 26.8. The molecule has 2 aliphatic heterocycles. The van der Waals surface area contributed by atoms with Gasteiger partial charge >= 0.3 is 7.69 Å². The van der Waals surface area contributed by atoms with Crippen molar-refractivity contribution in [3.8, 4) is 95.8 Å². The first-order valence-corrected chi connectivity index (χ1v) is 35.4. The van der Waals surface area contributed by atoms with Crippen LogP contribution >= 0.6 is 11.6 Å². The summed E-state index contributed by atoms with van der Waals surface area (Å²) >= 11 is 6.03.